The summed E-state index contributed by atoms with van der Waals surface area (Å²) in [6, 6.07) is 23.9. The number of aryl methyl sites for hydroxylation is 1. The molecule has 0 aromatic carbocycles. The van der Waals surface area contributed by atoms with E-state index in [1.807, 2.05) is 114 Å². The molecule has 0 spiro atoms. The summed E-state index contributed by atoms with van der Waals surface area (Å²) in [5.41, 5.74) is 8.19. The van der Waals surface area contributed by atoms with E-state index in [9.17, 15) is 0 Å². The van der Waals surface area contributed by atoms with E-state index in [0.29, 0.717) is 37.5 Å². The van der Waals surface area contributed by atoms with Gasteiger partial charge in [-0.05, 0) is 219 Å². The van der Waals surface area contributed by atoms with Crippen LogP contribution >= 0.6 is 31.9 Å². The second-order valence-corrected chi connectivity index (χ2v) is 18.7. The molecule has 2 aliphatic heterocycles. The van der Waals surface area contributed by atoms with E-state index < -0.39 is 0 Å². The van der Waals surface area contributed by atoms with Gasteiger partial charge >= 0.3 is 0 Å². The van der Waals surface area contributed by atoms with Crippen molar-refractivity contribution in [2.24, 2.45) is 0 Å². The van der Waals surface area contributed by atoms with Gasteiger partial charge in [0.25, 0.3) is 0 Å². The first-order valence-corrected chi connectivity index (χ1v) is 32.1. The molecule has 90 heavy (non-hydrogen) atoms. The van der Waals surface area contributed by atoms with Gasteiger partial charge in [0.2, 0.25) is 0 Å². The van der Waals surface area contributed by atoms with Crippen LogP contribution < -0.4 is 10.6 Å². The van der Waals surface area contributed by atoms with Gasteiger partial charge in [0.1, 0.15) is 0 Å². The molecule has 4 atom stereocenters. The Kier molecular flexibility index (Phi) is 74.4. The lowest BCUT2D eigenvalue weighted by Gasteiger charge is -2.28. The van der Waals surface area contributed by atoms with E-state index in [4.69, 9.17) is 29.9 Å². The topological polar surface area (TPSA) is 214 Å². The second kappa shape index (κ2) is 72.9. The number of halogens is 2. The number of rotatable bonds is 12. The van der Waals surface area contributed by atoms with E-state index >= 15 is 0 Å². The van der Waals surface area contributed by atoms with E-state index in [1.54, 1.807) is 110 Å². The number of aromatic nitrogens is 7. The number of hydrogen-bond donors (Lipinski definition) is 6. The SMILES string of the molecule is C=C.C=C.C=CC.C=CC.C=CC.C=Cc1cnccc1CO.CBr.CC.CC1CC(OCc2ccncc2)CCN1.CC1CC(OCc2ccncc2)CCN1.CCc1ccncc1.OCc1ccncc1.OCc1ccncc1.OCc1ccncc1Br. The molecule has 6 N–H and O–H groups in total. The molecule has 9 rings (SSSR count). The quantitative estimate of drug-likeness (QED) is 0.0496. The molecule has 0 bridgehead atoms. The van der Waals surface area contributed by atoms with Gasteiger partial charge in [0.15, 0.2) is 0 Å². The smallest absolute Gasteiger partial charge is 0.0721 e. The first-order valence-electron chi connectivity index (χ1n) is 29.8. The second-order valence-electron chi connectivity index (χ2n) is 17.9. The van der Waals surface area contributed by atoms with Crippen molar-refractivity contribution < 1.29 is 29.9 Å². The van der Waals surface area contributed by atoms with Crippen LogP contribution in [0.2, 0.25) is 0 Å². The first-order chi connectivity index (χ1) is 43.9. The van der Waals surface area contributed by atoms with Crippen molar-refractivity contribution in [1.82, 2.24) is 45.5 Å². The zero-order valence-corrected chi connectivity index (χ0v) is 58.6. The van der Waals surface area contributed by atoms with Crippen molar-refractivity contribution in [3.05, 3.63) is 279 Å². The van der Waals surface area contributed by atoms with E-state index in [2.05, 4.69) is 151 Å². The standard InChI is InChI=1S/2C12H18N2O.C8H9NO.C7H9N.C6H6BrNO.2C6H7NO.3C3H6.C2H6.2C2H4.CH3Br/c2*1-10-8-12(4-7-14-10)15-9-11-2-5-13-6-3-11;1-2-7-5-9-4-3-8(7)6-10;1-2-7-3-5-8-6-4-7;7-6-3-8-2-1-5(6)4-9;2*8-5-6-1-3-7-4-2-6;3*1-3-2;4*1-2/h2*2-3,5-6,10,12,14H,4,7-9H2,1H3;2-5,10H,1,6H2;3-6H,2H2,1H3;1-3,9H,4H2;2*1-4,8H,5H2;3*3H,1H2,2H3;1-2H3;2*1-2H2;1H3. The summed E-state index contributed by atoms with van der Waals surface area (Å²) in [5, 5.41) is 41.3. The van der Waals surface area contributed by atoms with Crippen molar-refractivity contribution >= 4 is 37.9 Å². The molecule has 17 heteroatoms. The number of aliphatic hydroxyl groups excluding tert-OH is 4. The molecule has 7 aromatic heterocycles. The molecule has 4 unspecified atom stereocenters. The lowest BCUT2D eigenvalue weighted by Crippen LogP contribution is -2.39. The van der Waals surface area contributed by atoms with Crippen LogP contribution in [0.1, 0.15) is 126 Å². The number of nitrogens with zero attached hydrogens (tertiary/aromatic N) is 7. The molecule has 0 radical (unpaired) electrons. The minimum absolute atomic E-state index is 0.0455. The van der Waals surface area contributed by atoms with Crippen LogP contribution in [0.25, 0.3) is 6.08 Å². The van der Waals surface area contributed by atoms with Crippen LogP contribution in [0.5, 0.6) is 0 Å². The molecule has 496 valence electrons. The fourth-order valence-corrected chi connectivity index (χ4v) is 7.13. The predicted molar refractivity (Wildman–Crippen MR) is 387 cm³/mol. The predicted octanol–water partition coefficient (Wildman–Crippen LogP) is 16.0. The monoisotopic (exact) mass is 1370 g/mol. The van der Waals surface area contributed by atoms with Gasteiger partial charge in [0.05, 0.1) is 51.8 Å². The molecule has 0 saturated carbocycles. The average molecular weight is 1370 g/mol. The molecule has 0 amide bonds. The molecule has 2 fully saturated rings. The molecule has 15 nitrogen and oxygen atoms in total. The molecule has 7 aromatic rings. The number of allylic oxidation sites excluding steroid dienone is 3. The summed E-state index contributed by atoms with van der Waals surface area (Å²) in [7, 11) is 0. The summed E-state index contributed by atoms with van der Waals surface area (Å²) < 4.78 is 12.6. The molecular weight excluding hydrogens is 1260 g/mol. The summed E-state index contributed by atoms with van der Waals surface area (Å²) >= 11 is 6.17. The Hall–Kier alpha value is -6.87. The van der Waals surface area contributed by atoms with Crippen LogP contribution in [-0.4, -0.2) is 98.5 Å². The average Bonchev–Trinajstić information content (AvgIpc) is 3.76. The highest BCUT2D eigenvalue weighted by Crippen LogP contribution is 2.16. The van der Waals surface area contributed by atoms with Crippen molar-refractivity contribution in [2.75, 3.05) is 18.9 Å². The fraction of sp³-hybridized carbons (Fsp3) is 0.356. The number of pyridine rings is 7. The van der Waals surface area contributed by atoms with Crippen LogP contribution in [-0.2, 0) is 55.5 Å². The maximum atomic E-state index is 8.77. The Morgan fingerprint density at radius 1 is 0.467 bits per heavy atom. The molecule has 2 saturated heterocycles. The van der Waals surface area contributed by atoms with Crippen LogP contribution in [0.15, 0.2) is 235 Å². The summed E-state index contributed by atoms with van der Waals surface area (Å²) in [6.07, 6.45) is 37.5. The maximum absolute atomic E-state index is 8.77. The van der Waals surface area contributed by atoms with Gasteiger partial charge in [0, 0.05) is 103 Å². The number of piperidine rings is 2. The summed E-state index contributed by atoms with van der Waals surface area (Å²) in [4.78, 5) is 27.1. The lowest BCUT2D eigenvalue weighted by atomic mass is 10.0. The number of nitrogens with one attached hydrogen (secondary N) is 2. The van der Waals surface area contributed by atoms with Crippen molar-refractivity contribution in [3.8, 4) is 0 Å². The number of ether oxygens (including phenoxy) is 2. The zero-order valence-electron chi connectivity index (χ0n) is 55.5. The van der Waals surface area contributed by atoms with Crippen LogP contribution in [0, 0.1) is 0 Å². The van der Waals surface area contributed by atoms with Gasteiger partial charge in [-0.3, -0.25) is 34.9 Å². The van der Waals surface area contributed by atoms with Crippen LogP contribution in [0.3, 0.4) is 0 Å². The Morgan fingerprint density at radius 2 is 0.756 bits per heavy atom. The summed E-state index contributed by atoms with van der Waals surface area (Å²) in [6.45, 7) is 45.8. The highest BCUT2D eigenvalue weighted by Gasteiger charge is 2.19. The van der Waals surface area contributed by atoms with Crippen molar-refractivity contribution in [1.29, 1.82) is 0 Å². The third-order valence-electron chi connectivity index (χ3n) is 11.0. The number of aliphatic hydroxyl groups is 4. The Morgan fingerprint density at radius 3 is 0.989 bits per heavy atom. The van der Waals surface area contributed by atoms with E-state index in [0.717, 1.165) is 77.5 Å². The lowest BCUT2D eigenvalue weighted by molar-refractivity contribution is 0.0125. The minimum atomic E-state index is 0.0455. The van der Waals surface area contributed by atoms with Crippen LogP contribution in [0.4, 0.5) is 0 Å². The Bertz CT molecular complexity index is 2430. The van der Waals surface area contributed by atoms with Gasteiger partial charge in [-0.1, -0.05) is 67.6 Å². The van der Waals surface area contributed by atoms with E-state index in [-0.39, 0.29) is 26.4 Å². The normalized spacial score (nSPS) is 13.9. The first kappa shape index (κ1) is 91.9. The Labute approximate surface area is 559 Å². The molecule has 9 heterocycles. The van der Waals surface area contributed by atoms with Crippen molar-refractivity contribution in [2.45, 2.75) is 151 Å². The third kappa shape index (κ3) is 55.2. The van der Waals surface area contributed by atoms with Gasteiger partial charge < -0.3 is 40.5 Å². The van der Waals surface area contributed by atoms with E-state index in [1.165, 1.54) is 16.7 Å². The summed E-state index contributed by atoms with van der Waals surface area (Å²) in [5.74, 6) is 1.81. The highest BCUT2D eigenvalue weighted by molar-refractivity contribution is 9.10. The molecular formula is C73H109Br2N9O6. The third-order valence-corrected chi connectivity index (χ3v) is 11.7. The van der Waals surface area contributed by atoms with Gasteiger partial charge in [-0.15, -0.1) is 46.1 Å². The molecule has 0 aliphatic carbocycles. The maximum Gasteiger partial charge on any atom is 0.0721 e. The van der Waals surface area contributed by atoms with Crippen molar-refractivity contribution in [3.63, 3.8) is 0 Å². The largest absolute Gasteiger partial charge is 0.392 e. The number of hydrogen-bond acceptors (Lipinski definition) is 15. The molecule has 2 aliphatic rings. The highest BCUT2D eigenvalue weighted by atomic mass is 79.9. The Balaban J connectivity index is -0.000000303. The van der Waals surface area contributed by atoms with Gasteiger partial charge in [-0.25, -0.2) is 0 Å². The minimum Gasteiger partial charge on any atom is -0.392 e. The zero-order chi connectivity index (χ0) is 68.7. The fourth-order valence-electron chi connectivity index (χ4n) is 6.75. The number of alkyl halides is 1. The van der Waals surface area contributed by atoms with Gasteiger partial charge in [-0.2, -0.15) is 0 Å².